The summed E-state index contributed by atoms with van der Waals surface area (Å²) < 4.78 is 5.43. The fourth-order valence-corrected chi connectivity index (χ4v) is 1.32. The van der Waals surface area contributed by atoms with Gasteiger partial charge in [0.2, 0.25) is 5.91 Å². The molecule has 0 atom stereocenters. The molecular formula is C11H16Cl2N2O2. The Morgan fingerprint density at radius 3 is 2.82 bits per heavy atom. The standard InChI is InChI=1S/C11H15ClN2O2.ClH/c1-14(11(15)8-13)5-6-16-10-4-2-3-9(12)7-10;/h2-4,7H,5-6,8,13H2,1H3;1H. The highest BCUT2D eigenvalue weighted by Crippen LogP contribution is 2.16. The van der Waals surface area contributed by atoms with Crippen molar-refractivity contribution in [3.8, 4) is 5.75 Å². The van der Waals surface area contributed by atoms with Crippen LogP contribution >= 0.6 is 24.0 Å². The number of likely N-dealkylation sites (N-methyl/N-ethyl adjacent to an activating group) is 1. The third-order valence-electron chi connectivity index (χ3n) is 2.09. The fourth-order valence-electron chi connectivity index (χ4n) is 1.14. The van der Waals surface area contributed by atoms with Crippen LogP contribution in [0.4, 0.5) is 0 Å². The van der Waals surface area contributed by atoms with E-state index in [0.717, 1.165) is 0 Å². The first kappa shape index (κ1) is 16.0. The lowest BCUT2D eigenvalue weighted by Gasteiger charge is -2.16. The number of nitrogens with two attached hydrogens (primary N) is 1. The van der Waals surface area contributed by atoms with Gasteiger partial charge < -0.3 is 15.4 Å². The van der Waals surface area contributed by atoms with Gasteiger partial charge in [0.15, 0.2) is 0 Å². The third-order valence-corrected chi connectivity index (χ3v) is 2.33. The zero-order chi connectivity index (χ0) is 12.0. The zero-order valence-electron chi connectivity index (χ0n) is 9.56. The van der Waals surface area contributed by atoms with E-state index in [0.29, 0.717) is 23.9 Å². The van der Waals surface area contributed by atoms with Crippen LogP contribution in [-0.4, -0.2) is 37.6 Å². The van der Waals surface area contributed by atoms with Crippen molar-refractivity contribution < 1.29 is 9.53 Å². The molecule has 0 aliphatic heterocycles. The molecule has 0 aliphatic carbocycles. The van der Waals surface area contributed by atoms with E-state index >= 15 is 0 Å². The van der Waals surface area contributed by atoms with E-state index in [-0.39, 0.29) is 24.9 Å². The first-order valence-corrected chi connectivity index (χ1v) is 5.33. The molecule has 4 nitrogen and oxygen atoms in total. The highest BCUT2D eigenvalue weighted by atomic mass is 35.5. The molecule has 1 amide bonds. The van der Waals surface area contributed by atoms with Gasteiger partial charge >= 0.3 is 0 Å². The summed E-state index contributed by atoms with van der Waals surface area (Å²) in [6.45, 7) is 0.943. The van der Waals surface area contributed by atoms with Crippen molar-refractivity contribution in [2.24, 2.45) is 5.73 Å². The second-order valence-corrected chi connectivity index (χ2v) is 3.76. The molecule has 0 aliphatic rings. The van der Waals surface area contributed by atoms with Crippen molar-refractivity contribution in [1.29, 1.82) is 0 Å². The number of amides is 1. The van der Waals surface area contributed by atoms with Crippen molar-refractivity contribution in [3.05, 3.63) is 29.3 Å². The molecule has 96 valence electrons. The Bertz CT molecular complexity index is 361. The van der Waals surface area contributed by atoms with Gasteiger partial charge in [-0.15, -0.1) is 12.4 Å². The minimum Gasteiger partial charge on any atom is -0.492 e. The fraction of sp³-hybridized carbons (Fsp3) is 0.364. The Morgan fingerprint density at radius 1 is 1.53 bits per heavy atom. The smallest absolute Gasteiger partial charge is 0.236 e. The predicted octanol–water partition coefficient (Wildman–Crippen LogP) is 1.56. The van der Waals surface area contributed by atoms with Gasteiger partial charge in [-0.1, -0.05) is 17.7 Å². The molecule has 17 heavy (non-hydrogen) atoms. The monoisotopic (exact) mass is 278 g/mol. The topological polar surface area (TPSA) is 55.6 Å². The molecule has 1 rings (SSSR count). The molecule has 0 fully saturated rings. The predicted molar refractivity (Wildman–Crippen MR) is 70.9 cm³/mol. The van der Waals surface area contributed by atoms with E-state index in [1.54, 1.807) is 19.2 Å². The molecule has 0 spiro atoms. The maximum Gasteiger partial charge on any atom is 0.236 e. The van der Waals surface area contributed by atoms with Gasteiger partial charge in [0.1, 0.15) is 12.4 Å². The lowest BCUT2D eigenvalue weighted by molar-refractivity contribution is -0.128. The molecule has 0 aromatic heterocycles. The zero-order valence-corrected chi connectivity index (χ0v) is 11.1. The van der Waals surface area contributed by atoms with E-state index in [9.17, 15) is 4.79 Å². The van der Waals surface area contributed by atoms with Crippen LogP contribution in [0.15, 0.2) is 24.3 Å². The maximum atomic E-state index is 11.1. The molecule has 6 heteroatoms. The number of carbonyl (C=O) groups excluding carboxylic acids is 1. The number of ether oxygens (including phenoxy) is 1. The van der Waals surface area contributed by atoms with E-state index in [1.165, 1.54) is 4.90 Å². The average molecular weight is 279 g/mol. The van der Waals surface area contributed by atoms with Crippen LogP contribution in [0.25, 0.3) is 0 Å². The molecule has 0 unspecified atom stereocenters. The van der Waals surface area contributed by atoms with Gasteiger partial charge in [0, 0.05) is 12.1 Å². The maximum absolute atomic E-state index is 11.1. The van der Waals surface area contributed by atoms with Gasteiger partial charge in [-0.3, -0.25) is 4.79 Å². The summed E-state index contributed by atoms with van der Waals surface area (Å²) in [5.74, 6) is 0.593. The first-order valence-electron chi connectivity index (χ1n) is 4.96. The lowest BCUT2D eigenvalue weighted by Crippen LogP contribution is -2.35. The number of carbonyl (C=O) groups is 1. The number of benzene rings is 1. The Kier molecular flexibility index (Phi) is 7.70. The minimum atomic E-state index is -0.102. The Labute approximate surface area is 112 Å². The van der Waals surface area contributed by atoms with E-state index in [2.05, 4.69) is 0 Å². The lowest BCUT2D eigenvalue weighted by atomic mass is 10.3. The number of rotatable bonds is 5. The normalized spacial score (nSPS) is 9.35. The minimum absolute atomic E-state index is 0. The van der Waals surface area contributed by atoms with Gasteiger partial charge in [0.25, 0.3) is 0 Å². The van der Waals surface area contributed by atoms with Crippen molar-refractivity contribution in [2.75, 3.05) is 26.7 Å². The largest absolute Gasteiger partial charge is 0.492 e. The van der Waals surface area contributed by atoms with E-state index in [1.807, 2.05) is 12.1 Å². The Balaban J connectivity index is 0.00000256. The Morgan fingerprint density at radius 2 is 2.24 bits per heavy atom. The molecule has 2 N–H and O–H groups in total. The van der Waals surface area contributed by atoms with Crippen LogP contribution in [0, 0.1) is 0 Å². The van der Waals surface area contributed by atoms with Crippen molar-refractivity contribution in [1.82, 2.24) is 4.90 Å². The summed E-state index contributed by atoms with van der Waals surface area (Å²) in [5.41, 5.74) is 5.23. The number of hydrogen-bond acceptors (Lipinski definition) is 3. The van der Waals surface area contributed by atoms with Crippen LogP contribution in [0.5, 0.6) is 5.75 Å². The van der Waals surface area contributed by atoms with Crippen LogP contribution in [0.2, 0.25) is 5.02 Å². The highest BCUT2D eigenvalue weighted by molar-refractivity contribution is 6.30. The molecule has 1 aromatic carbocycles. The van der Waals surface area contributed by atoms with Gasteiger partial charge in [-0.05, 0) is 18.2 Å². The Hall–Kier alpha value is -0.970. The first-order chi connectivity index (χ1) is 7.63. The molecule has 0 bridgehead atoms. The van der Waals surface area contributed by atoms with Crippen LogP contribution in [-0.2, 0) is 4.79 Å². The third kappa shape index (κ3) is 5.77. The average Bonchev–Trinajstić information content (AvgIpc) is 2.28. The SMILES string of the molecule is CN(CCOc1cccc(Cl)c1)C(=O)CN.Cl. The quantitative estimate of drug-likeness (QED) is 0.889. The van der Waals surface area contributed by atoms with Crippen LogP contribution in [0.3, 0.4) is 0 Å². The number of halogens is 2. The van der Waals surface area contributed by atoms with Crippen molar-refractivity contribution >= 4 is 29.9 Å². The summed E-state index contributed by atoms with van der Waals surface area (Å²) >= 11 is 5.80. The highest BCUT2D eigenvalue weighted by Gasteiger charge is 2.05. The van der Waals surface area contributed by atoms with Crippen molar-refractivity contribution in [2.45, 2.75) is 0 Å². The van der Waals surface area contributed by atoms with Crippen LogP contribution in [0.1, 0.15) is 0 Å². The second-order valence-electron chi connectivity index (χ2n) is 3.33. The molecule has 0 radical (unpaired) electrons. The number of nitrogens with zero attached hydrogens (tertiary/aromatic N) is 1. The van der Waals surface area contributed by atoms with Crippen molar-refractivity contribution in [3.63, 3.8) is 0 Å². The van der Waals surface area contributed by atoms with E-state index in [4.69, 9.17) is 22.1 Å². The van der Waals surface area contributed by atoms with Gasteiger partial charge in [-0.25, -0.2) is 0 Å². The van der Waals surface area contributed by atoms with Crippen LogP contribution < -0.4 is 10.5 Å². The molecule has 0 heterocycles. The second kappa shape index (κ2) is 8.17. The summed E-state index contributed by atoms with van der Waals surface area (Å²) in [6, 6.07) is 7.13. The van der Waals surface area contributed by atoms with Gasteiger partial charge in [0.05, 0.1) is 13.1 Å². The summed E-state index contributed by atoms with van der Waals surface area (Å²) in [6.07, 6.45) is 0. The molecular weight excluding hydrogens is 263 g/mol. The molecule has 1 aromatic rings. The van der Waals surface area contributed by atoms with Gasteiger partial charge in [-0.2, -0.15) is 0 Å². The summed E-state index contributed by atoms with van der Waals surface area (Å²) in [7, 11) is 1.69. The molecule has 0 saturated carbocycles. The molecule has 0 saturated heterocycles. The summed E-state index contributed by atoms with van der Waals surface area (Å²) in [5, 5.41) is 0.629. The number of hydrogen-bond donors (Lipinski definition) is 1. The van der Waals surface area contributed by atoms with E-state index < -0.39 is 0 Å². The summed E-state index contributed by atoms with van der Waals surface area (Å²) in [4.78, 5) is 12.7.